The van der Waals surface area contributed by atoms with Gasteiger partial charge < -0.3 is 19.2 Å². The van der Waals surface area contributed by atoms with Gasteiger partial charge in [-0.25, -0.2) is 9.78 Å². The fraction of sp³-hybridized carbons (Fsp3) is 0.150. The zero-order chi connectivity index (χ0) is 21.8. The number of hydrogen-bond acceptors (Lipinski definition) is 6. The number of rotatable bonds is 6. The van der Waals surface area contributed by atoms with E-state index in [4.69, 9.17) is 16.3 Å². The van der Waals surface area contributed by atoms with Crippen molar-refractivity contribution in [3.05, 3.63) is 63.7 Å². The first-order valence-electron chi connectivity index (χ1n) is 8.45. The zero-order valence-corrected chi connectivity index (χ0v) is 16.5. The summed E-state index contributed by atoms with van der Waals surface area (Å²) in [6.07, 6.45) is 1.46. The highest BCUT2D eigenvalue weighted by Crippen LogP contribution is 2.31. The number of aromatic nitrogens is 2. The molecule has 0 amide bonds. The van der Waals surface area contributed by atoms with Crippen molar-refractivity contribution in [3.63, 3.8) is 0 Å². The fourth-order valence-electron chi connectivity index (χ4n) is 2.68. The van der Waals surface area contributed by atoms with Crippen LogP contribution in [0.2, 0.25) is 0 Å². The third-order valence-corrected chi connectivity index (χ3v) is 4.34. The van der Waals surface area contributed by atoms with Gasteiger partial charge in [0.15, 0.2) is 17.3 Å². The quantitative estimate of drug-likeness (QED) is 0.586. The molecule has 0 fully saturated rings. The fourth-order valence-corrected chi connectivity index (χ4v) is 2.89. The van der Waals surface area contributed by atoms with Gasteiger partial charge >= 0.3 is 12.6 Å². The van der Waals surface area contributed by atoms with Gasteiger partial charge in [0.2, 0.25) is 0 Å². The number of ether oxygens (including phenoxy) is 3. The van der Waals surface area contributed by atoms with Crippen LogP contribution in [0.25, 0.3) is 22.0 Å². The Labute approximate surface area is 173 Å². The third-order valence-electron chi connectivity index (χ3n) is 4.05. The second kappa shape index (κ2) is 8.91. The predicted molar refractivity (Wildman–Crippen MR) is 107 cm³/mol. The lowest BCUT2D eigenvalue weighted by Gasteiger charge is -2.10. The molecule has 30 heavy (non-hydrogen) atoms. The Bertz CT molecular complexity index is 1190. The van der Waals surface area contributed by atoms with E-state index in [0.29, 0.717) is 5.56 Å². The number of aromatic amines is 1. The van der Waals surface area contributed by atoms with E-state index in [2.05, 4.69) is 19.4 Å². The van der Waals surface area contributed by atoms with Crippen LogP contribution < -0.4 is 15.0 Å². The summed E-state index contributed by atoms with van der Waals surface area (Å²) in [5.41, 5.74) is 0.524. The summed E-state index contributed by atoms with van der Waals surface area (Å²) in [4.78, 5) is 30.9. The summed E-state index contributed by atoms with van der Waals surface area (Å²) in [7, 11) is 2.55. The minimum Gasteiger partial charge on any atom is -0.493 e. The average Bonchev–Trinajstić information content (AvgIpc) is 2.73. The molecule has 0 saturated carbocycles. The van der Waals surface area contributed by atoms with Gasteiger partial charge in [0.1, 0.15) is 0 Å². The largest absolute Gasteiger partial charge is 0.493 e. The van der Waals surface area contributed by atoms with E-state index in [9.17, 15) is 18.4 Å². The van der Waals surface area contributed by atoms with Gasteiger partial charge in [-0.1, -0.05) is 17.7 Å². The van der Waals surface area contributed by atoms with Crippen LogP contribution in [0.4, 0.5) is 8.78 Å². The Kier molecular flexibility index (Phi) is 6.31. The predicted octanol–water partition coefficient (Wildman–Crippen LogP) is 4.06. The standard InChI is InChI=1S/C20H15ClF2N2O5/c1-28-16-8-10(3-6-15(16)30-20(22)23)7-13(21)17-24-14-9-11(19(27)29-2)4-5-12(14)18(26)25-17/h3-9,20H,1-2H3,(H,24,25,26). The van der Waals surface area contributed by atoms with Crippen LogP contribution in [-0.2, 0) is 4.74 Å². The van der Waals surface area contributed by atoms with Crippen LogP contribution in [0.15, 0.2) is 41.2 Å². The summed E-state index contributed by atoms with van der Waals surface area (Å²) >= 11 is 6.31. The number of fused-ring (bicyclic) bond motifs is 1. The van der Waals surface area contributed by atoms with Crippen LogP contribution in [0, 0.1) is 0 Å². The molecule has 1 N–H and O–H groups in total. The smallest absolute Gasteiger partial charge is 0.387 e. The summed E-state index contributed by atoms with van der Waals surface area (Å²) in [6, 6.07) is 8.56. The minimum atomic E-state index is -2.99. The molecule has 0 saturated heterocycles. The first kappa shape index (κ1) is 21.3. The van der Waals surface area contributed by atoms with Gasteiger partial charge in [-0.05, 0) is 42.0 Å². The third kappa shape index (κ3) is 4.57. The van der Waals surface area contributed by atoms with Gasteiger partial charge in [-0.15, -0.1) is 0 Å². The van der Waals surface area contributed by atoms with Crippen molar-refractivity contribution < 1.29 is 27.8 Å². The van der Waals surface area contributed by atoms with E-state index in [1.807, 2.05) is 0 Å². The molecule has 10 heteroatoms. The van der Waals surface area contributed by atoms with Crippen molar-refractivity contribution in [1.29, 1.82) is 0 Å². The van der Waals surface area contributed by atoms with Gasteiger partial charge in [0.25, 0.3) is 5.56 Å². The first-order valence-corrected chi connectivity index (χ1v) is 8.83. The van der Waals surface area contributed by atoms with Crippen LogP contribution in [0.1, 0.15) is 21.7 Å². The number of nitrogens with one attached hydrogen (secondary N) is 1. The molecular formula is C20H15ClF2N2O5. The molecule has 156 valence electrons. The van der Waals surface area contributed by atoms with Crippen molar-refractivity contribution in [3.8, 4) is 11.5 Å². The van der Waals surface area contributed by atoms with E-state index in [-0.39, 0.29) is 38.8 Å². The number of hydrogen-bond donors (Lipinski definition) is 1. The minimum absolute atomic E-state index is 0.0584. The van der Waals surface area contributed by atoms with Crippen LogP contribution in [0.3, 0.4) is 0 Å². The number of methoxy groups -OCH3 is 2. The van der Waals surface area contributed by atoms with Gasteiger partial charge in [-0.3, -0.25) is 4.79 Å². The number of alkyl halides is 2. The molecule has 0 bridgehead atoms. The van der Waals surface area contributed by atoms with Crippen molar-refractivity contribution in [1.82, 2.24) is 9.97 Å². The van der Waals surface area contributed by atoms with Gasteiger partial charge in [0, 0.05) is 0 Å². The molecule has 0 aliphatic rings. The molecular weight excluding hydrogens is 422 g/mol. The molecule has 3 rings (SSSR count). The highest BCUT2D eigenvalue weighted by Gasteiger charge is 2.13. The molecule has 0 unspecified atom stereocenters. The summed E-state index contributed by atoms with van der Waals surface area (Å²) < 4.78 is 39.0. The van der Waals surface area contributed by atoms with Crippen LogP contribution >= 0.6 is 11.6 Å². The Morgan fingerprint density at radius 2 is 1.93 bits per heavy atom. The molecule has 0 spiro atoms. The van der Waals surface area contributed by atoms with E-state index in [1.54, 1.807) is 0 Å². The summed E-state index contributed by atoms with van der Waals surface area (Å²) in [5, 5.41) is 0.341. The molecule has 0 aliphatic carbocycles. The molecule has 3 aromatic rings. The summed E-state index contributed by atoms with van der Waals surface area (Å²) in [5.74, 6) is -0.562. The SMILES string of the molecule is COC(=O)c1ccc2c(=O)[nH]c(C(Cl)=Cc3ccc(OC(F)F)c(OC)c3)nc2c1. The lowest BCUT2D eigenvalue weighted by Crippen LogP contribution is -2.11. The maximum atomic E-state index is 12.5. The number of esters is 1. The number of nitrogens with zero attached hydrogens (tertiary/aromatic N) is 1. The Hall–Kier alpha value is -3.46. The number of H-pyrrole nitrogens is 1. The summed E-state index contributed by atoms with van der Waals surface area (Å²) in [6.45, 7) is -2.99. The maximum absolute atomic E-state index is 12.5. The van der Waals surface area contributed by atoms with Crippen molar-refractivity contribution in [2.45, 2.75) is 6.61 Å². The monoisotopic (exact) mass is 436 g/mol. The van der Waals surface area contributed by atoms with Gasteiger partial charge in [0.05, 0.1) is 35.7 Å². The molecule has 0 radical (unpaired) electrons. The molecule has 1 heterocycles. The molecule has 7 nitrogen and oxygen atoms in total. The average molecular weight is 437 g/mol. The normalized spacial score (nSPS) is 11.6. The first-order chi connectivity index (χ1) is 14.3. The topological polar surface area (TPSA) is 90.5 Å². The molecule has 1 aromatic heterocycles. The molecule has 0 atom stereocenters. The van der Waals surface area contributed by atoms with E-state index < -0.39 is 18.1 Å². The van der Waals surface area contributed by atoms with Crippen molar-refractivity contribution in [2.24, 2.45) is 0 Å². The highest BCUT2D eigenvalue weighted by molar-refractivity contribution is 6.50. The Morgan fingerprint density at radius 3 is 2.60 bits per heavy atom. The van der Waals surface area contributed by atoms with Crippen molar-refractivity contribution in [2.75, 3.05) is 14.2 Å². The van der Waals surface area contributed by atoms with E-state index >= 15 is 0 Å². The lowest BCUT2D eigenvalue weighted by molar-refractivity contribution is -0.0512. The molecule has 0 aliphatic heterocycles. The Balaban J connectivity index is 2.01. The highest BCUT2D eigenvalue weighted by atomic mass is 35.5. The second-order valence-corrected chi connectivity index (χ2v) is 6.33. The zero-order valence-electron chi connectivity index (χ0n) is 15.7. The van der Waals surface area contributed by atoms with E-state index in [1.165, 1.54) is 56.7 Å². The van der Waals surface area contributed by atoms with Gasteiger partial charge in [-0.2, -0.15) is 8.78 Å². The molecule has 2 aromatic carbocycles. The lowest BCUT2D eigenvalue weighted by atomic mass is 10.1. The Morgan fingerprint density at radius 1 is 1.17 bits per heavy atom. The van der Waals surface area contributed by atoms with Crippen molar-refractivity contribution >= 4 is 39.6 Å². The number of carbonyl (C=O) groups excluding carboxylic acids is 1. The number of halogens is 3. The van der Waals surface area contributed by atoms with Crippen LogP contribution in [0.5, 0.6) is 11.5 Å². The van der Waals surface area contributed by atoms with E-state index in [0.717, 1.165) is 0 Å². The van der Waals surface area contributed by atoms with Crippen LogP contribution in [-0.4, -0.2) is 36.8 Å². The second-order valence-electron chi connectivity index (χ2n) is 5.92. The number of carbonyl (C=O) groups is 1. The maximum Gasteiger partial charge on any atom is 0.387 e. The number of benzene rings is 2.